The Balaban J connectivity index is 3.32. The van der Waals surface area contributed by atoms with Crippen LogP contribution in [0.4, 0.5) is 18.9 Å². The van der Waals surface area contributed by atoms with Gasteiger partial charge in [-0.1, -0.05) is 0 Å². The molecule has 0 fully saturated rings. The first-order valence-corrected chi connectivity index (χ1v) is 3.37. The SMILES string of the molecule is Nc1cncc(CO)c1C(F)(F)F. The molecule has 0 saturated heterocycles. The molecule has 0 saturated carbocycles. The summed E-state index contributed by atoms with van der Waals surface area (Å²) < 4.78 is 36.8. The molecule has 1 aromatic rings. The summed E-state index contributed by atoms with van der Waals surface area (Å²) in [7, 11) is 0. The molecule has 0 amide bonds. The average molecular weight is 192 g/mol. The number of hydrogen-bond acceptors (Lipinski definition) is 3. The predicted octanol–water partition coefficient (Wildman–Crippen LogP) is 1.17. The van der Waals surface area contributed by atoms with Crippen molar-refractivity contribution in [1.82, 2.24) is 4.98 Å². The number of nitrogens with zero attached hydrogens (tertiary/aromatic N) is 1. The molecule has 0 aliphatic heterocycles. The number of alkyl halides is 3. The third-order valence-electron chi connectivity index (χ3n) is 1.51. The van der Waals surface area contributed by atoms with Gasteiger partial charge in [-0.15, -0.1) is 0 Å². The van der Waals surface area contributed by atoms with Gasteiger partial charge in [0, 0.05) is 11.8 Å². The molecule has 0 aromatic carbocycles. The smallest absolute Gasteiger partial charge is 0.397 e. The zero-order valence-electron chi connectivity index (χ0n) is 6.47. The second-order valence-electron chi connectivity index (χ2n) is 2.42. The van der Waals surface area contributed by atoms with Crippen molar-refractivity contribution in [3.8, 4) is 0 Å². The lowest BCUT2D eigenvalue weighted by Gasteiger charge is -2.12. The summed E-state index contributed by atoms with van der Waals surface area (Å²) in [5.41, 5.74) is 3.29. The fraction of sp³-hybridized carbons (Fsp3) is 0.286. The fourth-order valence-electron chi connectivity index (χ4n) is 0.988. The van der Waals surface area contributed by atoms with Gasteiger partial charge in [0.25, 0.3) is 0 Å². The first kappa shape index (κ1) is 9.79. The van der Waals surface area contributed by atoms with E-state index < -0.39 is 24.0 Å². The summed E-state index contributed by atoms with van der Waals surface area (Å²) in [4.78, 5) is 3.44. The Morgan fingerprint density at radius 3 is 2.38 bits per heavy atom. The van der Waals surface area contributed by atoms with E-state index in [2.05, 4.69) is 4.98 Å². The predicted molar refractivity (Wildman–Crippen MR) is 39.6 cm³/mol. The van der Waals surface area contributed by atoms with Gasteiger partial charge in [-0.05, 0) is 0 Å². The van der Waals surface area contributed by atoms with Crippen LogP contribution in [0.25, 0.3) is 0 Å². The molecule has 0 bridgehead atoms. The van der Waals surface area contributed by atoms with E-state index in [0.29, 0.717) is 0 Å². The number of rotatable bonds is 1. The summed E-state index contributed by atoms with van der Waals surface area (Å²) in [6, 6.07) is 0. The average Bonchev–Trinajstić information content (AvgIpc) is 2.01. The third kappa shape index (κ3) is 1.89. The fourth-order valence-corrected chi connectivity index (χ4v) is 0.988. The van der Waals surface area contributed by atoms with Crippen molar-refractivity contribution in [3.05, 3.63) is 23.5 Å². The van der Waals surface area contributed by atoms with Gasteiger partial charge in [0.05, 0.1) is 24.1 Å². The molecule has 0 aliphatic carbocycles. The molecule has 1 heterocycles. The third-order valence-corrected chi connectivity index (χ3v) is 1.51. The van der Waals surface area contributed by atoms with E-state index >= 15 is 0 Å². The van der Waals surface area contributed by atoms with E-state index in [9.17, 15) is 13.2 Å². The number of aromatic nitrogens is 1. The summed E-state index contributed by atoms with van der Waals surface area (Å²) in [6.07, 6.45) is -2.70. The van der Waals surface area contributed by atoms with Crippen molar-refractivity contribution in [2.75, 3.05) is 5.73 Å². The highest BCUT2D eigenvalue weighted by molar-refractivity contribution is 5.49. The lowest BCUT2D eigenvalue weighted by atomic mass is 10.1. The molecule has 1 rings (SSSR count). The highest BCUT2D eigenvalue weighted by Gasteiger charge is 2.35. The Kier molecular flexibility index (Phi) is 2.42. The van der Waals surface area contributed by atoms with Crippen LogP contribution in [0.3, 0.4) is 0 Å². The van der Waals surface area contributed by atoms with Gasteiger partial charge >= 0.3 is 6.18 Å². The van der Waals surface area contributed by atoms with Crippen LogP contribution in [0, 0.1) is 0 Å². The van der Waals surface area contributed by atoms with E-state index in [0.717, 1.165) is 12.4 Å². The van der Waals surface area contributed by atoms with E-state index in [-0.39, 0.29) is 5.56 Å². The van der Waals surface area contributed by atoms with Crippen molar-refractivity contribution in [3.63, 3.8) is 0 Å². The topological polar surface area (TPSA) is 59.1 Å². The Labute approximate surface area is 72.0 Å². The second-order valence-corrected chi connectivity index (χ2v) is 2.42. The second kappa shape index (κ2) is 3.21. The number of anilines is 1. The molecule has 3 N–H and O–H groups in total. The monoisotopic (exact) mass is 192 g/mol. The molecular weight excluding hydrogens is 185 g/mol. The lowest BCUT2D eigenvalue weighted by molar-refractivity contribution is -0.138. The maximum absolute atomic E-state index is 12.3. The minimum Gasteiger partial charge on any atom is -0.397 e. The van der Waals surface area contributed by atoms with Crippen LogP contribution in [0.5, 0.6) is 0 Å². The van der Waals surface area contributed by atoms with Gasteiger partial charge in [0.2, 0.25) is 0 Å². The molecule has 0 atom stereocenters. The quantitative estimate of drug-likeness (QED) is 0.702. The molecule has 0 aliphatic rings. The van der Waals surface area contributed by atoms with Crippen LogP contribution in [0.1, 0.15) is 11.1 Å². The standard InChI is InChI=1S/C7H7F3N2O/c8-7(9,10)6-4(3-13)1-12-2-5(6)11/h1-2,13H,3,11H2. The van der Waals surface area contributed by atoms with Crippen LogP contribution in [0.15, 0.2) is 12.4 Å². The van der Waals surface area contributed by atoms with Crippen LogP contribution in [-0.2, 0) is 12.8 Å². The summed E-state index contributed by atoms with van der Waals surface area (Å²) >= 11 is 0. The maximum Gasteiger partial charge on any atom is 0.418 e. The first-order valence-electron chi connectivity index (χ1n) is 3.37. The lowest BCUT2D eigenvalue weighted by Crippen LogP contribution is -2.13. The number of aliphatic hydroxyl groups excluding tert-OH is 1. The van der Waals surface area contributed by atoms with Crippen LogP contribution in [-0.4, -0.2) is 10.1 Å². The number of pyridine rings is 1. The van der Waals surface area contributed by atoms with Crippen molar-refractivity contribution in [1.29, 1.82) is 0 Å². The van der Waals surface area contributed by atoms with Crippen LogP contribution in [0.2, 0.25) is 0 Å². The van der Waals surface area contributed by atoms with Gasteiger partial charge < -0.3 is 10.8 Å². The van der Waals surface area contributed by atoms with Crippen molar-refractivity contribution < 1.29 is 18.3 Å². The van der Waals surface area contributed by atoms with Gasteiger partial charge in [-0.3, -0.25) is 4.98 Å². The van der Waals surface area contributed by atoms with Crippen LogP contribution >= 0.6 is 0 Å². The summed E-state index contributed by atoms with van der Waals surface area (Å²) in [6.45, 7) is -0.729. The number of nitrogens with two attached hydrogens (primary N) is 1. The Hall–Kier alpha value is -1.30. The highest BCUT2D eigenvalue weighted by Crippen LogP contribution is 2.35. The Bertz CT molecular complexity index is 311. The van der Waals surface area contributed by atoms with Crippen LogP contribution < -0.4 is 5.73 Å². The molecule has 0 spiro atoms. The van der Waals surface area contributed by atoms with Gasteiger partial charge in [-0.2, -0.15) is 13.2 Å². The molecule has 0 unspecified atom stereocenters. The largest absolute Gasteiger partial charge is 0.418 e. The Morgan fingerprint density at radius 1 is 1.38 bits per heavy atom. The van der Waals surface area contributed by atoms with E-state index in [4.69, 9.17) is 10.8 Å². The van der Waals surface area contributed by atoms with Crippen molar-refractivity contribution in [2.45, 2.75) is 12.8 Å². The van der Waals surface area contributed by atoms with Gasteiger partial charge in [-0.25, -0.2) is 0 Å². The van der Waals surface area contributed by atoms with Crippen molar-refractivity contribution in [2.24, 2.45) is 0 Å². The Morgan fingerprint density at radius 2 is 2.00 bits per heavy atom. The zero-order valence-corrected chi connectivity index (χ0v) is 6.47. The molecule has 3 nitrogen and oxygen atoms in total. The molecule has 13 heavy (non-hydrogen) atoms. The number of aliphatic hydroxyl groups is 1. The minimum atomic E-state index is -4.55. The molecule has 72 valence electrons. The number of halogens is 3. The summed E-state index contributed by atoms with van der Waals surface area (Å²) in [5.74, 6) is 0. The van der Waals surface area contributed by atoms with Crippen molar-refractivity contribution >= 4 is 5.69 Å². The van der Waals surface area contributed by atoms with E-state index in [1.165, 1.54) is 0 Å². The van der Waals surface area contributed by atoms with Gasteiger partial charge in [0.1, 0.15) is 0 Å². The summed E-state index contributed by atoms with van der Waals surface area (Å²) in [5, 5.41) is 8.61. The normalized spacial score (nSPS) is 11.7. The minimum absolute atomic E-state index is 0.312. The molecular formula is C7H7F3N2O. The first-order chi connectivity index (χ1) is 5.96. The maximum atomic E-state index is 12.3. The highest BCUT2D eigenvalue weighted by atomic mass is 19.4. The number of nitrogen functional groups attached to an aromatic ring is 1. The van der Waals surface area contributed by atoms with E-state index in [1.54, 1.807) is 0 Å². The molecule has 1 aromatic heterocycles. The van der Waals surface area contributed by atoms with E-state index in [1.807, 2.05) is 0 Å². The van der Waals surface area contributed by atoms with Gasteiger partial charge in [0.15, 0.2) is 0 Å². The molecule has 6 heteroatoms. The number of hydrogen-bond donors (Lipinski definition) is 2. The zero-order chi connectivity index (χ0) is 10.1. The molecule has 0 radical (unpaired) electrons.